The summed E-state index contributed by atoms with van der Waals surface area (Å²) in [7, 11) is 1.73. The zero-order valence-corrected chi connectivity index (χ0v) is 8.47. The molecule has 1 N–H and O–H groups in total. The number of ether oxygens (including phenoxy) is 1. The van der Waals surface area contributed by atoms with E-state index in [0.717, 1.165) is 18.8 Å². The molecule has 2 heteroatoms. The lowest BCUT2D eigenvalue weighted by Gasteiger charge is -2.40. The van der Waals surface area contributed by atoms with Crippen LogP contribution in [0.5, 0.6) is 5.75 Å². The van der Waals surface area contributed by atoms with Crippen LogP contribution in [-0.4, -0.2) is 20.2 Å². The van der Waals surface area contributed by atoms with Gasteiger partial charge in [-0.25, -0.2) is 0 Å². The first-order valence-corrected chi connectivity index (χ1v) is 5.22. The highest BCUT2D eigenvalue weighted by Crippen LogP contribution is 2.42. The molecule has 0 aromatic heterocycles. The fourth-order valence-corrected chi connectivity index (χ4v) is 2.72. The summed E-state index contributed by atoms with van der Waals surface area (Å²) in [5.74, 6) is 0.994. The van der Waals surface area contributed by atoms with Crippen LogP contribution in [0.1, 0.15) is 17.5 Å². The molecule has 74 valence electrons. The van der Waals surface area contributed by atoms with Crippen LogP contribution >= 0.6 is 0 Å². The van der Waals surface area contributed by atoms with Crippen molar-refractivity contribution in [1.29, 1.82) is 0 Å². The Kier molecular flexibility index (Phi) is 1.62. The van der Waals surface area contributed by atoms with E-state index in [2.05, 4.69) is 23.5 Å². The Morgan fingerprint density at radius 1 is 1.36 bits per heavy atom. The lowest BCUT2D eigenvalue weighted by Crippen LogP contribution is -2.55. The van der Waals surface area contributed by atoms with Crippen molar-refractivity contribution in [2.24, 2.45) is 0 Å². The predicted molar refractivity (Wildman–Crippen MR) is 55.9 cm³/mol. The molecule has 0 saturated carbocycles. The van der Waals surface area contributed by atoms with Crippen molar-refractivity contribution in [2.75, 3.05) is 20.2 Å². The third-order valence-electron chi connectivity index (χ3n) is 3.68. The van der Waals surface area contributed by atoms with Gasteiger partial charge in [0.1, 0.15) is 5.75 Å². The Morgan fingerprint density at radius 2 is 2.21 bits per heavy atom. The minimum absolute atomic E-state index is 0.474. The normalized spacial score (nSPS) is 21.8. The quantitative estimate of drug-likeness (QED) is 0.722. The van der Waals surface area contributed by atoms with Gasteiger partial charge in [-0.1, -0.05) is 6.07 Å². The molecule has 14 heavy (non-hydrogen) atoms. The minimum atomic E-state index is 0.474. The molecule has 1 aliphatic carbocycles. The van der Waals surface area contributed by atoms with E-state index in [0.29, 0.717) is 5.41 Å². The summed E-state index contributed by atoms with van der Waals surface area (Å²) in [6, 6.07) is 6.54. The Labute approximate surface area is 84.3 Å². The van der Waals surface area contributed by atoms with Crippen molar-refractivity contribution in [3.8, 4) is 5.75 Å². The van der Waals surface area contributed by atoms with Crippen LogP contribution < -0.4 is 10.1 Å². The SMILES string of the molecule is COc1ccc2c(c1)CCC21CNC1. The Hall–Kier alpha value is -1.02. The standard InChI is InChI=1S/C12H15NO/c1-14-10-2-3-11-9(6-10)4-5-12(11)7-13-8-12/h2-3,6,13H,4-5,7-8H2,1H3. The predicted octanol–water partition coefficient (Wildman–Crippen LogP) is 1.48. The van der Waals surface area contributed by atoms with E-state index in [1.807, 2.05) is 0 Å². The number of fused-ring (bicyclic) bond motifs is 2. The first-order chi connectivity index (χ1) is 6.84. The highest BCUT2D eigenvalue weighted by molar-refractivity contribution is 5.46. The maximum Gasteiger partial charge on any atom is 0.119 e. The second kappa shape index (κ2) is 2.74. The summed E-state index contributed by atoms with van der Waals surface area (Å²) in [6.07, 6.45) is 2.52. The second-order valence-electron chi connectivity index (χ2n) is 4.41. The number of hydrogen-bond donors (Lipinski definition) is 1. The molecule has 1 heterocycles. The minimum Gasteiger partial charge on any atom is -0.497 e. The Morgan fingerprint density at radius 3 is 2.86 bits per heavy atom. The van der Waals surface area contributed by atoms with Crippen LogP contribution in [0.15, 0.2) is 18.2 Å². The van der Waals surface area contributed by atoms with Crippen molar-refractivity contribution >= 4 is 0 Å². The lowest BCUT2D eigenvalue weighted by molar-refractivity contribution is 0.276. The lowest BCUT2D eigenvalue weighted by atomic mass is 9.76. The molecule has 3 rings (SSSR count). The first kappa shape index (κ1) is 8.30. The molecule has 0 unspecified atom stereocenters. The molecular weight excluding hydrogens is 174 g/mol. The fraction of sp³-hybridized carbons (Fsp3) is 0.500. The molecule has 0 amide bonds. The van der Waals surface area contributed by atoms with Crippen molar-refractivity contribution < 1.29 is 4.74 Å². The van der Waals surface area contributed by atoms with Crippen LogP contribution in [0.3, 0.4) is 0 Å². The highest BCUT2D eigenvalue weighted by Gasteiger charge is 2.43. The van der Waals surface area contributed by atoms with Crippen LogP contribution in [0, 0.1) is 0 Å². The van der Waals surface area contributed by atoms with Crippen LogP contribution in [0.25, 0.3) is 0 Å². The van der Waals surface area contributed by atoms with Crippen LogP contribution in [-0.2, 0) is 11.8 Å². The molecule has 1 fully saturated rings. The number of methoxy groups -OCH3 is 1. The molecule has 2 aliphatic rings. The molecule has 0 bridgehead atoms. The molecule has 1 aromatic rings. The van der Waals surface area contributed by atoms with Gasteiger partial charge in [0.2, 0.25) is 0 Å². The maximum atomic E-state index is 5.24. The van der Waals surface area contributed by atoms with E-state index in [1.54, 1.807) is 12.7 Å². The highest BCUT2D eigenvalue weighted by atomic mass is 16.5. The summed E-state index contributed by atoms with van der Waals surface area (Å²) in [6.45, 7) is 2.32. The Balaban J connectivity index is 2.04. The largest absolute Gasteiger partial charge is 0.497 e. The number of aryl methyl sites for hydroxylation is 1. The van der Waals surface area contributed by atoms with E-state index in [9.17, 15) is 0 Å². The van der Waals surface area contributed by atoms with Gasteiger partial charge in [-0.05, 0) is 36.1 Å². The van der Waals surface area contributed by atoms with Gasteiger partial charge < -0.3 is 10.1 Å². The smallest absolute Gasteiger partial charge is 0.119 e. The van der Waals surface area contributed by atoms with E-state index in [1.165, 1.54) is 18.4 Å². The summed E-state index contributed by atoms with van der Waals surface area (Å²) in [4.78, 5) is 0. The van der Waals surface area contributed by atoms with Gasteiger partial charge in [0, 0.05) is 18.5 Å². The van der Waals surface area contributed by atoms with Crippen molar-refractivity contribution in [3.05, 3.63) is 29.3 Å². The number of hydrogen-bond acceptors (Lipinski definition) is 2. The third-order valence-corrected chi connectivity index (χ3v) is 3.68. The van der Waals surface area contributed by atoms with Gasteiger partial charge in [0.15, 0.2) is 0 Å². The fourth-order valence-electron chi connectivity index (χ4n) is 2.72. The Bertz CT molecular complexity index is 369. The molecule has 1 spiro atoms. The average Bonchev–Trinajstić information content (AvgIpc) is 2.55. The van der Waals surface area contributed by atoms with Gasteiger partial charge in [-0.15, -0.1) is 0 Å². The number of rotatable bonds is 1. The molecule has 0 atom stereocenters. The maximum absolute atomic E-state index is 5.24. The third kappa shape index (κ3) is 0.947. The molecule has 0 radical (unpaired) electrons. The number of benzene rings is 1. The summed E-state index contributed by atoms with van der Waals surface area (Å²) in [5.41, 5.74) is 3.52. The van der Waals surface area contributed by atoms with E-state index in [-0.39, 0.29) is 0 Å². The summed E-state index contributed by atoms with van der Waals surface area (Å²) >= 11 is 0. The average molecular weight is 189 g/mol. The van der Waals surface area contributed by atoms with Gasteiger partial charge >= 0.3 is 0 Å². The van der Waals surface area contributed by atoms with Crippen LogP contribution in [0.4, 0.5) is 0 Å². The van der Waals surface area contributed by atoms with Crippen molar-refractivity contribution in [3.63, 3.8) is 0 Å². The molecule has 1 saturated heterocycles. The van der Waals surface area contributed by atoms with E-state index in [4.69, 9.17) is 4.74 Å². The van der Waals surface area contributed by atoms with Gasteiger partial charge in [-0.3, -0.25) is 0 Å². The van der Waals surface area contributed by atoms with E-state index < -0.39 is 0 Å². The molecule has 2 nitrogen and oxygen atoms in total. The van der Waals surface area contributed by atoms with Gasteiger partial charge in [0.05, 0.1) is 7.11 Å². The van der Waals surface area contributed by atoms with Crippen molar-refractivity contribution in [1.82, 2.24) is 5.32 Å². The summed E-state index contributed by atoms with van der Waals surface area (Å²) in [5, 5.41) is 3.38. The monoisotopic (exact) mass is 189 g/mol. The van der Waals surface area contributed by atoms with E-state index >= 15 is 0 Å². The van der Waals surface area contributed by atoms with Crippen molar-refractivity contribution in [2.45, 2.75) is 18.3 Å². The van der Waals surface area contributed by atoms with Gasteiger partial charge in [-0.2, -0.15) is 0 Å². The zero-order valence-electron chi connectivity index (χ0n) is 8.47. The number of nitrogens with one attached hydrogen (secondary N) is 1. The second-order valence-corrected chi connectivity index (χ2v) is 4.41. The molecular formula is C12H15NO. The molecule has 1 aromatic carbocycles. The summed E-state index contributed by atoms with van der Waals surface area (Å²) < 4.78 is 5.24. The molecule has 1 aliphatic heterocycles. The first-order valence-electron chi connectivity index (χ1n) is 5.22. The zero-order chi connectivity index (χ0) is 9.60. The topological polar surface area (TPSA) is 21.3 Å². The van der Waals surface area contributed by atoms with Crippen LogP contribution in [0.2, 0.25) is 0 Å². The van der Waals surface area contributed by atoms with Gasteiger partial charge in [0.25, 0.3) is 0 Å².